The number of pyridine rings is 1. The van der Waals surface area contributed by atoms with Gasteiger partial charge in [-0.15, -0.1) is 11.3 Å². The predicted octanol–water partition coefficient (Wildman–Crippen LogP) is 2.77. The molecule has 3 rings (SSSR count). The van der Waals surface area contributed by atoms with Crippen LogP contribution in [0.5, 0.6) is 0 Å². The fourth-order valence-corrected chi connectivity index (χ4v) is 2.71. The monoisotopic (exact) mass is 245 g/mol. The fourth-order valence-electron chi connectivity index (χ4n) is 1.72. The molecule has 0 saturated heterocycles. The molecule has 0 spiro atoms. The molecular weight excluding hydrogens is 230 g/mol. The summed E-state index contributed by atoms with van der Waals surface area (Å²) in [6, 6.07) is 6.69. The van der Waals surface area contributed by atoms with Gasteiger partial charge >= 0.3 is 0 Å². The van der Waals surface area contributed by atoms with Gasteiger partial charge in [0.1, 0.15) is 5.01 Å². The Bertz CT molecular complexity index is 503. The smallest absolute Gasteiger partial charge is 0.142 e. The highest BCUT2D eigenvalue weighted by atomic mass is 32.1. The Hall–Kier alpha value is -1.26. The van der Waals surface area contributed by atoms with Gasteiger partial charge in [-0.1, -0.05) is 6.07 Å². The number of thiazole rings is 1. The summed E-state index contributed by atoms with van der Waals surface area (Å²) >= 11 is 1.75. The summed E-state index contributed by atoms with van der Waals surface area (Å²) in [6.07, 6.45) is 4.46. The third-order valence-corrected chi connectivity index (χ3v) is 4.09. The van der Waals surface area contributed by atoms with E-state index in [2.05, 4.69) is 22.2 Å². The number of rotatable bonds is 4. The van der Waals surface area contributed by atoms with Crippen LogP contribution in [-0.2, 0) is 6.54 Å². The summed E-state index contributed by atoms with van der Waals surface area (Å²) in [7, 11) is 0. The highest BCUT2D eigenvalue weighted by molar-refractivity contribution is 7.15. The third kappa shape index (κ3) is 2.53. The van der Waals surface area contributed by atoms with Gasteiger partial charge in [0.15, 0.2) is 0 Å². The number of aromatic nitrogens is 2. The maximum Gasteiger partial charge on any atom is 0.142 e. The first-order chi connectivity index (χ1) is 8.33. The molecule has 0 unspecified atom stereocenters. The highest BCUT2D eigenvalue weighted by Crippen LogP contribution is 2.27. The van der Waals surface area contributed by atoms with E-state index in [0.29, 0.717) is 0 Å². The first-order valence-corrected chi connectivity index (χ1v) is 6.75. The molecule has 0 bridgehead atoms. The van der Waals surface area contributed by atoms with Crippen molar-refractivity contribution in [2.45, 2.75) is 32.4 Å². The second kappa shape index (κ2) is 4.55. The largest absolute Gasteiger partial charge is 0.309 e. The van der Waals surface area contributed by atoms with Crippen molar-refractivity contribution in [1.82, 2.24) is 15.3 Å². The number of hydrogen-bond donors (Lipinski definition) is 1. The van der Waals surface area contributed by atoms with E-state index in [1.165, 1.54) is 17.7 Å². The molecule has 0 aliphatic heterocycles. The van der Waals surface area contributed by atoms with E-state index in [9.17, 15) is 0 Å². The Morgan fingerprint density at radius 3 is 3.00 bits per heavy atom. The van der Waals surface area contributed by atoms with E-state index >= 15 is 0 Å². The van der Waals surface area contributed by atoms with Crippen molar-refractivity contribution in [3.8, 4) is 10.7 Å². The van der Waals surface area contributed by atoms with Gasteiger partial charge in [0.25, 0.3) is 0 Å². The molecule has 1 aliphatic carbocycles. The van der Waals surface area contributed by atoms with Gasteiger partial charge in [-0.05, 0) is 31.9 Å². The Morgan fingerprint density at radius 1 is 1.41 bits per heavy atom. The fraction of sp³-hybridized carbons (Fsp3) is 0.385. The average molecular weight is 245 g/mol. The van der Waals surface area contributed by atoms with Crippen molar-refractivity contribution >= 4 is 11.3 Å². The van der Waals surface area contributed by atoms with Crippen molar-refractivity contribution in [3.05, 3.63) is 35.0 Å². The van der Waals surface area contributed by atoms with Crippen LogP contribution in [-0.4, -0.2) is 16.0 Å². The van der Waals surface area contributed by atoms with Gasteiger partial charge in [0, 0.05) is 23.7 Å². The standard InChI is InChI=1S/C13H15N3S/c1-9-12(8-15-10-5-6-10)17-13(16-9)11-4-2-3-7-14-11/h2-4,7,10,15H,5-6,8H2,1H3. The summed E-state index contributed by atoms with van der Waals surface area (Å²) in [5.74, 6) is 0. The van der Waals surface area contributed by atoms with Crippen molar-refractivity contribution in [3.63, 3.8) is 0 Å². The van der Waals surface area contributed by atoms with Crippen LogP contribution in [0.3, 0.4) is 0 Å². The van der Waals surface area contributed by atoms with E-state index in [1.807, 2.05) is 24.4 Å². The minimum Gasteiger partial charge on any atom is -0.309 e. The van der Waals surface area contributed by atoms with Gasteiger partial charge in [-0.3, -0.25) is 4.98 Å². The lowest BCUT2D eigenvalue weighted by molar-refractivity contribution is 0.691. The maximum atomic E-state index is 4.60. The van der Waals surface area contributed by atoms with Crippen LogP contribution in [0.25, 0.3) is 10.7 Å². The molecule has 3 nitrogen and oxygen atoms in total. The third-order valence-electron chi connectivity index (χ3n) is 2.91. The molecule has 2 aromatic heterocycles. The van der Waals surface area contributed by atoms with Crippen LogP contribution in [0, 0.1) is 6.92 Å². The van der Waals surface area contributed by atoms with Crippen molar-refractivity contribution in [1.29, 1.82) is 0 Å². The van der Waals surface area contributed by atoms with E-state index in [4.69, 9.17) is 0 Å². The van der Waals surface area contributed by atoms with Gasteiger partial charge in [-0.25, -0.2) is 4.98 Å². The second-order valence-electron chi connectivity index (χ2n) is 4.40. The normalized spacial score (nSPS) is 15.1. The molecule has 2 heterocycles. The van der Waals surface area contributed by atoms with E-state index in [-0.39, 0.29) is 0 Å². The molecule has 88 valence electrons. The molecule has 17 heavy (non-hydrogen) atoms. The molecule has 1 fully saturated rings. The molecule has 0 atom stereocenters. The minimum atomic E-state index is 0.745. The molecule has 1 saturated carbocycles. The lowest BCUT2D eigenvalue weighted by atomic mass is 10.3. The van der Waals surface area contributed by atoms with Crippen LogP contribution in [0.15, 0.2) is 24.4 Å². The molecule has 1 N–H and O–H groups in total. The Balaban J connectivity index is 1.79. The molecule has 0 amide bonds. The van der Waals surface area contributed by atoms with Gasteiger partial charge < -0.3 is 5.32 Å². The molecule has 0 aromatic carbocycles. The number of nitrogens with one attached hydrogen (secondary N) is 1. The maximum absolute atomic E-state index is 4.60. The van der Waals surface area contributed by atoms with E-state index in [1.54, 1.807) is 11.3 Å². The summed E-state index contributed by atoms with van der Waals surface area (Å²) in [5, 5.41) is 4.55. The average Bonchev–Trinajstić information content (AvgIpc) is 3.12. The first-order valence-electron chi connectivity index (χ1n) is 5.94. The number of aryl methyl sites for hydroxylation is 1. The summed E-state index contributed by atoms with van der Waals surface area (Å²) in [5.41, 5.74) is 2.10. The Labute approximate surface area is 105 Å². The Morgan fingerprint density at radius 2 is 2.29 bits per heavy atom. The van der Waals surface area contributed by atoms with Crippen LogP contribution in [0.2, 0.25) is 0 Å². The Kier molecular flexibility index (Phi) is 2.91. The SMILES string of the molecule is Cc1nc(-c2ccccn2)sc1CNC1CC1. The first kappa shape index (κ1) is 10.9. The second-order valence-corrected chi connectivity index (χ2v) is 5.48. The zero-order valence-electron chi connectivity index (χ0n) is 9.81. The molecule has 4 heteroatoms. The quantitative estimate of drug-likeness (QED) is 0.900. The lowest BCUT2D eigenvalue weighted by Crippen LogP contribution is -2.14. The van der Waals surface area contributed by atoms with Gasteiger partial charge in [-0.2, -0.15) is 0 Å². The lowest BCUT2D eigenvalue weighted by Gasteiger charge is -1.99. The van der Waals surface area contributed by atoms with E-state index in [0.717, 1.165) is 29.0 Å². The van der Waals surface area contributed by atoms with Crippen molar-refractivity contribution in [2.75, 3.05) is 0 Å². The number of nitrogens with zero attached hydrogens (tertiary/aromatic N) is 2. The molecule has 0 radical (unpaired) electrons. The summed E-state index contributed by atoms with van der Waals surface area (Å²) in [4.78, 5) is 10.3. The summed E-state index contributed by atoms with van der Waals surface area (Å²) < 4.78 is 0. The molecule has 2 aromatic rings. The number of hydrogen-bond acceptors (Lipinski definition) is 4. The van der Waals surface area contributed by atoms with E-state index < -0.39 is 0 Å². The van der Waals surface area contributed by atoms with Crippen LogP contribution >= 0.6 is 11.3 Å². The zero-order chi connectivity index (χ0) is 11.7. The van der Waals surface area contributed by atoms with Crippen LogP contribution in [0.1, 0.15) is 23.4 Å². The summed E-state index contributed by atoms with van der Waals surface area (Å²) in [6.45, 7) is 3.02. The molecule has 1 aliphatic rings. The minimum absolute atomic E-state index is 0.745. The van der Waals surface area contributed by atoms with Gasteiger partial charge in [0.2, 0.25) is 0 Å². The van der Waals surface area contributed by atoms with Crippen LogP contribution in [0.4, 0.5) is 0 Å². The van der Waals surface area contributed by atoms with Crippen LogP contribution < -0.4 is 5.32 Å². The van der Waals surface area contributed by atoms with Crippen molar-refractivity contribution < 1.29 is 0 Å². The van der Waals surface area contributed by atoms with Gasteiger partial charge in [0.05, 0.1) is 11.4 Å². The molecular formula is C13H15N3S. The predicted molar refractivity (Wildman–Crippen MR) is 69.9 cm³/mol. The zero-order valence-corrected chi connectivity index (χ0v) is 10.6. The van der Waals surface area contributed by atoms with Crippen molar-refractivity contribution in [2.24, 2.45) is 0 Å². The topological polar surface area (TPSA) is 37.8 Å². The highest BCUT2D eigenvalue weighted by Gasteiger charge is 2.21.